The third-order valence-electron chi connectivity index (χ3n) is 4.12. The smallest absolute Gasteiger partial charge is 0.230 e. The van der Waals surface area contributed by atoms with Gasteiger partial charge in [0.15, 0.2) is 5.65 Å². The first-order chi connectivity index (χ1) is 14.2. The summed E-state index contributed by atoms with van der Waals surface area (Å²) in [6.45, 7) is 0.430. The first-order valence-electron chi connectivity index (χ1n) is 8.89. The lowest BCUT2D eigenvalue weighted by atomic mass is 10.2. The fourth-order valence-electron chi connectivity index (χ4n) is 2.67. The van der Waals surface area contributed by atoms with E-state index in [0.717, 1.165) is 17.0 Å². The Bertz CT molecular complexity index is 1130. The lowest BCUT2D eigenvalue weighted by molar-refractivity contribution is -0.118. The summed E-state index contributed by atoms with van der Waals surface area (Å²) >= 11 is 1.28. The van der Waals surface area contributed by atoms with Gasteiger partial charge in [-0.25, -0.2) is 0 Å². The third-order valence-corrected chi connectivity index (χ3v) is 5.04. The van der Waals surface area contributed by atoms with E-state index < -0.39 is 0 Å². The molecule has 4 rings (SSSR count). The normalized spacial score (nSPS) is 10.8. The van der Waals surface area contributed by atoms with Crippen molar-refractivity contribution in [3.8, 4) is 17.1 Å². The Balaban J connectivity index is 1.40. The predicted octanol–water partition coefficient (Wildman–Crippen LogP) is 2.60. The number of ether oxygens (including phenoxy) is 1. The van der Waals surface area contributed by atoms with E-state index in [4.69, 9.17) is 4.74 Å². The second kappa shape index (κ2) is 8.70. The zero-order chi connectivity index (χ0) is 20.1. The quantitative estimate of drug-likeness (QED) is 0.472. The molecule has 1 N–H and O–H groups in total. The maximum atomic E-state index is 12.2. The minimum atomic E-state index is -0.101. The van der Waals surface area contributed by atoms with E-state index >= 15 is 0 Å². The van der Waals surface area contributed by atoms with Gasteiger partial charge in [0.05, 0.1) is 18.6 Å². The number of amides is 1. The predicted molar refractivity (Wildman–Crippen MR) is 110 cm³/mol. The summed E-state index contributed by atoms with van der Waals surface area (Å²) < 4.78 is 6.82. The third kappa shape index (κ3) is 4.52. The molecule has 0 radical (unpaired) electrons. The second-order valence-corrected chi connectivity index (χ2v) is 7.05. The van der Waals surface area contributed by atoms with E-state index in [2.05, 4.69) is 25.6 Å². The molecule has 146 valence electrons. The molecule has 4 aromatic rings. The average molecular weight is 406 g/mol. The lowest BCUT2D eigenvalue weighted by Gasteiger charge is -2.06. The van der Waals surface area contributed by atoms with E-state index in [1.807, 2.05) is 54.6 Å². The summed E-state index contributed by atoms with van der Waals surface area (Å²) in [6, 6.07) is 16.9. The van der Waals surface area contributed by atoms with Crippen LogP contribution in [0.15, 0.2) is 66.0 Å². The number of thioether (sulfide) groups is 1. The van der Waals surface area contributed by atoms with Crippen molar-refractivity contribution < 1.29 is 9.53 Å². The van der Waals surface area contributed by atoms with Crippen molar-refractivity contribution in [1.29, 1.82) is 0 Å². The minimum absolute atomic E-state index is 0.101. The van der Waals surface area contributed by atoms with Crippen LogP contribution in [0.1, 0.15) is 5.56 Å². The Kier molecular flexibility index (Phi) is 5.66. The Labute approximate surface area is 171 Å². The topological polar surface area (TPSA) is 94.3 Å². The number of hydrogen-bond donors (Lipinski definition) is 1. The SMILES string of the molecule is COc1cccc(CNC(=O)CSc2nnc3ccc(-c4ccccn4)nn23)c1. The Morgan fingerprint density at radius 2 is 2.03 bits per heavy atom. The van der Waals surface area contributed by atoms with Gasteiger partial charge < -0.3 is 10.1 Å². The molecule has 0 aliphatic carbocycles. The molecule has 9 heteroatoms. The van der Waals surface area contributed by atoms with Gasteiger partial charge in [0.1, 0.15) is 11.4 Å². The van der Waals surface area contributed by atoms with E-state index in [-0.39, 0.29) is 11.7 Å². The van der Waals surface area contributed by atoms with Crippen molar-refractivity contribution in [2.75, 3.05) is 12.9 Å². The molecule has 1 amide bonds. The summed E-state index contributed by atoms with van der Waals surface area (Å²) in [5.41, 5.74) is 3.05. The number of aromatic nitrogens is 5. The molecule has 8 nitrogen and oxygen atoms in total. The highest BCUT2D eigenvalue weighted by Gasteiger charge is 2.12. The van der Waals surface area contributed by atoms with Gasteiger partial charge >= 0.3 is 0 Å². The molecule has 0 aliphatic heterocycles. The minimum Gasteiger partial charge on any atom is -0.497 e. The molecule has 0 atom stereocenters. The van der Waals surface area contributed by atoms with Crippen LogP contribution < -0.4 is 10.1 Å². The van der Waals surface area contributed by atoms with Gasteiger partial charge in [-0.15, -0.1) is 10.2 Å². The molecule has 1 aromatic carbocycles. The number of methoxy groups -OCH3 is 1. The molecular formula is C20H18N6O2S. The zero-order valence-corrected chi connectivity index (χ0v) is 16.5. The zero-order valence-electron chi connectivity index (χ0n) is 15.6. The van der Waals surface area contributed by atoms with Gasteiger partial charge in [-0.2, -0.15) is 9.61 Å². The highest BCUT2D eigenvalue weighted by atomic mass is 32.2. The van der Waals surface area contributed by atoms with Crippen molar-refractivity contribution >= 4 is 23.3 Å². The number of carbonyl (C=O) groups is 1. The maximum absolute atomic E-state index is 12.2. The molecule has 0 bridgehead atoms. The number of nitrogens with one attached hydrogen (secondary N) is 1. The van der Waals surface area contributed by atoms with Gasteiger partial charge in [-0.3, -0.25) is 9.78 Å². The van der Waals surface area contributed by atoms with E-state index in [1.54, 1.807) is 17.8 Å². The number of carbonyl (C=O) groups excluding carboxylic acids is 1. The van der Waals surface area contributed by atoms with Crippen molar-refractivity contribution in [3.05, 3.63) is 66.4 Å². The monoisotopic (exact) mass is 406 g/mol. The van der Waals surface area contributed by atoms with E-state index in [0.29, 0.717) is 23.0 Å². The number of benzene rings is 1. The van der Waals surface area contributed by atoms with Crippen LogP contribution >= 0.6 is 11.8 Å². The summed E-state index contributed by atoms with van der Waals surface area (Å²) in [6.07, 6.45) is 1.72. The second-order valence-electron chi connectivity index (χ2n) is 6.10. The maximum Gasteiger partial charge on any atom is 0.230 e. The van der Waals surface area contributed by atoms with Crippen LogP contribution in [0.3, 0.4) is 0 Å². The van der Waals surface area contributed by atoms with Gasteiger partial charge in [-0.05, 0) is 42.0 Å². The molecule has 0 unspecified atom stereocenters. The highest BCUT2D eigenvalue weighted by molar-refractivity contribution is 7.99. The van der Waals surface area contributed by atoms with E-state index in [9.17, 15) is 4.79 Å². The molecule has 3 heterocycles. The number of rotatable bonds is 7. The average Bonchev–Trinajstić information content (AvgIpc) is 3.19. The molecule has 0 fully saturated rings. The van der Waals surface area contributed by atoms with Crippen LogP contribution in [0.25, 0.3) is 17.0 Å². The largest absolute Gasteiger partial charge is 0.497 e. The summed E-state index contributed by atoms with van der Waals surface area (Å²) in [5, 5.41) is 16.3. The van der Waals surface area contributed by atoms with Gasteiger partial charge in [0, 0.05) is 12.7 Å². The Morgan fingerprint density at radius 3 is 2.86 bits per heavy atom. The van der Waals surface area contributed by atoms with Crippen LogP contribution in [0, 0.1) is 0 Å². The standard InChI is InChI=1S/C20H18N6O2S/c1-28-15-6-4-5-14(11-15)12-22-19(27)13-29-20-24-23-18-9-8-17(25-26(18)20)16-7-2-3-10-21-16/h2-11H,12-13H2,1H3,(H,22,27). The van der Waals surface area contributed by atoms with Crippen molar-refractivity contribution in [2.24, 2.45) is 0 Å². The molecule has 3 aromatic heterocycles. The van der Waals surface area contributed by atoms with Crippen LogP contribution in [0.5, 0.6) is 5.75 Å². The summed E-state index contributed by atoms with van der Waals surface area (Å²) in [5.74, 6) is 0.867. The summed E-state index contributed by atoms with van der Waals surface area (Å²) in [7, 11) is 1.62. The van der Waals surface area contributed by atoms with E-state index in [1.165, 1.54) is 11.8 Å². The molecule has 0 saturated carbocycles. The molecule has 0 spiro atoms. The van der Waals surface area contributed by atoms with Gasteiger partial charge in [-0.1, -0.05) is 30.0 Å². The van der Waals surface area contributed by atoms with Crippen molar-refractivity contribution in [2.45, 2.75) is 11.7 Å². The number of hydrogen-bond acceptors (Lipinski definition) is 7. The first kappa shape index (κ1) is 18.9. The van der Waals surface area contributed by atoms with Crippen LogP contribution in [0.4, 0.5) is 0 Å². The fourth-order valence-corrected chi connectivity index (χ4v) is 3.39. The fraction of sp³-hybridized carbons (Fsp3) is 0.150. The van der Waals surface area contributed by atoms with Crippen LogP contribution in [0.2, 0.25) is 0 Å². The molecule has 29 heavy (non-hydrogen) atoms. The van der Waals surface area contributed by atoms with Gasteiger partial charge in [0.2, 0.25) is 11.1 Å². The Hall–Kier alpha value is -3.46. The number of pyridine rings is 1. The first-order valence-corrected chi connectivity index (χ1v) is 9.88. The van der Waals surface area contributed by atoms with Crippen molar-refractivity contribution in [3.63, 3.8) is 0 Å². The lowest BCUT2D eigenvalue weighted by Crippen LogP contribution is -2.24. The van der Waals surface area contributed by atoms with Crippen LogP contribution in [-0.2, 0) is 11.3 Å². The van der Waals surface area contributed by atoms with Gasteiger partial charge in [0.25, 0.3) is 0 Å². The molecule has 0 aliphatic rings. The molecule has 0 saturated heterocycles. The summed E-state index contributed by atoms with van der Waals surface area (Å²) in [4.78, 5) is 16.6. The Morgan fingerprint density at radius 1 is 1.10 bits per heavy atom. The molecular weight excluding hydrogens is 388 g/mol. The number of fused-ring (bicyclic) bond motifs is 1. The number of nitrogens with zero attached hydrogens (tertiary/aromatic N) is 5. The highest BCUT2D eigenvalue weighted by Crippen LogP contribution is 2.19. The van der Waals surface area contributed by atoms with Crippen LogP contribution in [-0.4, -0.2) is 43.6 Å². The van der Waals surface area contributed by atoms with Crippen molar-refractivity contribution in [1.82, 2.24) is 30.1 Å².